The monoisotopic (exact) mass is 198 g/mol. The van der Waals surface area contributed by atoms with Gasteiger partial charge in [0.2, 0.25) is 0 Å². The van der Waals surface area contributed by atoms with Crippen molar-refractivity contribution in [3.05, 3.63) is 12.2 Å². The first-order valence-corrected chi connectivity index (χ1v) is 3.07. The topological polar surface area (TPSA) is 57.2 Å². The minimum absolute atomic E-state index is 0. The van der Waals surface area contributed by atoms with Gasteiger partial charge in [0, 0.05) is 0 Å². The molecule has 0 aliphatic rings. The third-order valence-electron chi connectivity index (χ3n) is 0.892. The van der Waals surface area contributed by atoms with Crippen LogP contribution in [0.1, 0.15) is 6.92 Å². The number of ketones is 1. The first-order chi connectivity index (χ1) is 4.46. The summed E-state index contributed by atoms with van der Waals surface area (Å²) in [6.45, 7) is 4.69. The number of hydrogen-bond acceptors (Lipinski definition) is 4. The Kier molecular flexibility index (Phi) is 8.36. The minimum Gasteiger partial charge on any atom is -0.548 e. The van der Waals surface area contributed by atoms with E-state index in [2.05, 4.69) is 19.2 Å². The van der Waals surface area contributed by atoms with Crippen LogP contribution in [0.5, 0.6) is 0 Å². The largest absolute Gasteiger partial charge is 1.00 e. The van der Waals surface area contributed by atoms with Gasteiger partial charge in [-0.15, -0.1) is 0 Å². The number of carbonyl (C=O) groups excluding carboxylic acids is 2. The fourth-order valence-electron chi connectivity index (χ4n) is 0.340. The number of rotatable bonds is 3. The van der Waals surface area contributed by atoms with E-state index in [-0.39, 0.29) is 57.0 Å². The Labute approximate surface area is 113 Å². The van der Waals surface area contributed by atoms with Crippen molar-refractivity contribution in [2.75, 3.05) is 0 Å². The van der Waals surface area contributed by atoms with Gasteiger partial charge in [0.15, 0.2) is 5.78 Å². The maximum Gasteiger partial charge on any atom is 1.00 e. The zero-order chi connectivity index (χ0) is 8.31. The standard InChI is InChI=1S/C6H8O3S.K/c1-3(2)4(7)5(10)6(8)9;/h5,10H,1H2,2H3,(H,8,9);/q;+1/p-1. The molecule has 0 aliphatic heterocycles. The molecule has 0 radical (unpaired) electrons. The molecular weight excluding hydrogens is 191 g/mol. The second kappa shape index (κ2) is 6.39. The molecule has 0 amide bonds. The number of allylic oxidation sites excluding steroid dienone is 1. The first-order valence-electron chi connectivity index (χ1n) is 2.55. The number of Topliss-reactive ketones (excluding diaryl/α,β-unsaturated/α-hetero) is 1. The van der Waals surface area contributed by atoms with Crippen LogP contribution in [0.4, 0.5) is 0 Å². The number of carbonyl (C=O) groups is 2. The molecule has 3 nitrogen and oxygen atoms in total. The van der Waals surface area contributed by atoms with E-state index < -0.39 is 17.0 Å². The van der Waals surface area contributed by atoms with Crippen LogP contribution in [0, 0.1) is 0 Å². The zero-order valence-corrected chi connectivity index (χ0v) is 10.5. The van der Waals surface area contributed by atoms with Crippen molar-refractivity contribution in [3.8, 4) is 0 Å². The number of thiol groups is 1. The molecule has 0 aromatic carbocycles. The van der Waals surface area contributed by atoms with Gasteiger partial charge in [0.05, 0.1) is 5.97 Å². The molecule has 11 heavy (non-hydrogen) atoms. The van der Waals surface area contributed by atoms with Gasteiger partial charge in [-0.1, -0.05) is 6.58 Å². The Balaban J connectivity index is 0. The SMILES string of the molecule is C=C(C)C(=O)C(S)C(=O)[O-].[K+]. The molecule has 0 aromatic heterocycles. The predicted molar refractivity (Wildman–Crippen MR) is 37.6 cm³/mol. The van der Waals surface area contributed by atoms with Crippen molar-refractivity contribution in [2.24, 2.45) is 0 Å². The summed E-state index contributed by atoms with van der Waals surface area (Å²) in [5.74, 6) is -2.10. The predicted octanol–water partition coefficient (Wildman–Crippen LogP) is -3.82. The van der Waals surface area contributed by atoms with Gasteiger partial charge in [-0.3, -0.25) is 4.79 Å². The molecule has 0 bridgehead atoms. The zero-order valence-electron chi connectivity index (χ0n) is 6.46. The summed E-state index contributed by atoms with van der Waals surface area (Å²) in [5, 5.41) is 8.62. The van der Waals surface area contributed by atoms with E-state index in [9.17, 15) is 14.7 Å². The van der Waals surface area contributed by atoms with Crippen molar-refractivity contribution in [2.45, 2.75) is 12.2 Å². The molecule has 0 rings (SSSR count). The van der Waals surface area contributed by atoms with E-state index >= 15 is 0 Å². The quantitative estimate of drug-likeness (QED) is 0.219. The Morgan fingerprint density at radius 2 is 1.91 bits per heavy atom. The normalized spacial score (nSPS) is 11.1. The van der Waals surface area contributed by atoms with Gasteiger partial charge in [0.1, 0.15) is 5.25 Å². The van der Waals surface area contributed by atoms with Crippen molar-refractivity contribution in [3.63, 3.8) is 0 Å². The van der Waals surface area contributed by atoms with E-state index in [4.69, 9.17) is 0 Å². The summed E-state index contributed by atoms with van der Waals surface area (Å²) < 4.78 is 0. The number of carboxylic acid groups (broad SMARTS) is 1. The first kappa shape index (κ1) is 14.4. The third kappa shape index (κ3) is 5.16. The number of aliphatic carboxylic acids is 1. The summed E-state index contributed by atoms with van der Waals surface area (Å²) in [5.41, 5.74) is 0.171. The molecule has 0 heterocycles. The van der Waals surface area contributed by atoms with Gasteiger partial charge in [-0.05, 0) is 12.5 Å². The van der Waals surface area contributed by atoms with E-state index in [0.29, 0.717) is 0 Å². The van der Waals surface area contributed by atoms with E-state index in [1.807, 2.05) is 0 Å². The van der Waals surface area contributed by atoms with E-state index in [1.54, 1.807) is 0 Å². The van der Waals surface area contributed by atoms with E-state index in [0.717, 1.165) is 0 Å². The van der Waals surface area contributed by atoms with Crippen molar-refractivity contribution in [1.82, 2.24) is 0 Å². The average molecular weight is 198 g/mol. The summed E-state index contributed by atoms with van der Waals surface area (Å²) >= 11 is 3.49. The fourth-order valence-corrected chi connectivity index (χ4v) is 0.561. The van der Waals surface area contributed by atoms with E-state index in [1.165, 1.54) is 6.92 Å². The Morgan fingerprint density at radius 1 is 1.55 bits per heavy atom. The van der Waals surface area contributed by atoms with Gasteiger partial charge in [0.25, 0.3) is 0 Å². The molecule has 0 saturated heterocycles. The molecule has 5 heteroatoms. The molecule has 0 N–H and O–H groups in total. The van der Waals surface area contributed by atoms with Crippen LogP contribution in [0.15, 0.2) is 12.2 Å². The van der Waals surface area contributed by atoms with Crippen LogP contribution in [0.2, 0.25) is 0 Å². The molecular formula is C6H7KO3S. The van der Waals surface area contributed by atoms with Gasteiger partial charge in [-0.2, -0.15) is 12.6 Å². The number of carboxylic acids is 1. The van der Waals surface area contributed by atoms with Crippen LogP contribution in [-0.2, 0) is 9.59 Å². The van der Waals surface area contributed by atoms with Gasteiger partial charge < -0.3 is 9.90 Å². The fraction of sp³-hybridized carbons (Fsp3) is 0.333. The Hall–Kier alpha value is 0.866. The molecule has 0 aliphatic carbocycles. The maximum atomic E-state index is 10.7. The molecule has 0 saturated carbocycles. The summed E-state index contributed by atoms with van der Waals surface area (Å²) in [7, 11) is 0. The molecule has 0 fully saturated rings. The molecule has 56 valence electrons. The minimum atomic E-state index is -1.49. The van der Waals surface area contributed by atoms with Crippen LogP contribution in [-0.4, -0.2) is 17.0 Å². The van der Waals surface area contributed by atoms with Gasteiger partial charge in [-0.25, -0.2) is 0 Å². The van der Waals surface area contributed by atoms with Crippen molar-refractivity contribution >= 4 is 24.4 Å². The Bertz CT molecular complexity index is 190. The van der Waals surface area contributed by atoms with Crippen LogP contribution in [0.25, 0.3) is 0 Å². The Morgan fingerprint density at radius 3 is 2.00 bits per heavy atom. The third-order valence-corrected chi connectivity index (χ3v) is 1.34. The van der Waals surface area contributed by atoms with Crippen LogP contribution < -0.4 is 56.5 Å². The summed E-state index contributed by atoms with van der Waals surface area (Å²) in [6, 6.07) is 0. The van der Waals surface area contributed by atoms with Crippen LogP contribution in [0.3, 0.4) is 0 Å². The molecule has 1 atom stereocenters. The second-order valence-electron chi connectivity index (χ2n) is 1.87. The smallest absolute Gasteiger partial charge is 0.548 e. The summed E-state index contributed by atoms with van der Waals surface area (Å²) in [4.78, 5) is 20.7. The molecule has 1 unspecified atom stereocenters. The van der Waals surface area contributed by atoms with Crippen LogP contribution >= 0.6 is 12.6 Å². The second-order valence-corrected chi connectivity index (χ2v) is 2.38. The maximum absolute atomic E-state index is 10.7. The summed E-state index contributed by atoms with van der Waals surface area (Å²) in [6.07, 6.45) is 0. The molecule has 0 spiro atoms. The van der Waals surface area contributed by atoms with Gasteiger partial charge >= 0.3 is 51.4 Å². The van der Waals surface area contributed by atoms with Crippen molar-refractivity contribution < 1.29 is 66.1 Å². The number of hydrogen-bond donors (Lipinski definition) is 1. The average Bonchev–Trinajstić information content (AvgIpc) is 1.84. The molecule has 0 aromatic rings. The van der Waals surface area contributed by atoms with Crippen molar-refractivity contribution in [1.29, 1.82) is 0 Å².